The van der Waals surface area contributed by atoms with E-state index in [1.54, 1.807) is 17.1 Å². The second-order valence-electron chi connectivity index (χ2n) is 5.07. The summed E-state index contributed by atoms with van der Waals surface area (Å²) in [6.07, 6.45) is 3.01. The van der Waals surface area contributed by atoms with Gasteiger partial charge in [0.25, 0.3) is 5.22 Å². The average Bonchev–Trinajstić information content (AvgIpc) is 3.24. The van der Waals surface area contributed by atoms with E-state index in [2.05, 4.69) is 36.2 Å². The van der Waals surface area contributed by atoms with Crippen molar-refractivity contribution in [3.63, 3.8) is 0 Å². The van der Waals surface area contributed by atoms with Gasteiger partial charge in [0.1, 0.15) is 24.8 Å². The lowest BCUT2D eigenvalue weighted by atomic mass is 10.1. The van der Waals surface area contributed by atoms with Gasteiger partial charge in [-0.1, -0.05) is 27.7 Å². The van der Waals surface area contributed by atoms with E-state index in [0.29, 0.717) is 29.0 Å². The van der Waals surface area contributed by atoms with Crippen molar-refractivity contribution in [2.24, 2.45) is 0 Å². The highest BCUT2D eigenvalue weighted by atomic mass is 79.9. The smallest absolute Gasteiger partial charge is 0.336 e. The molecule has 10 heteroatoms. The Kier molecular flexibility index (Phi) is 4.36. The molecule has 0 radical (unpaired) electrons. The fourth-order valence-electron chi connectivity index (χ4n) is 2.28. The normalized spacial score (nSPS) is 11.2. The zero-order valence-electron chi connectivity index (χ0n) is 12.6. The summed E-state index contributed by atoms with van der Waals surface area (Å²) in [5, 5.41) is 13.3. The molecule has 0 N–H and O–H groups in total. The molecule has 0 spiro atoms. The molecule has 0 aliphatic carbocycles. The molecule has 126 valence electrons. The van der Waals surface area contributed by atoms with Crippen molar-refractivity contribution in [3.05, 3.63) is 63.3 Å². The SMILES string of the molecule is O=c1cc(CSc2nnc(Cn3cncn3)o2)c2ccc(Br)cc2o1. The zero-order valence-corrected chi connectivity index (χ0v) is 15.0. The molecule has 0 unspecified atom stereocenters. The second kappa shape index (κ2) is 6.81. The number of fused-ring (bicyclic) bond motifs is 1. The summed E-state index contributed by atoms with van der Waals surface area (Å²) in [7, 11) is 0. The van der Waals surface area contributed by atoms with Crippen molar-refractivity contribution in [2.75, 3.05) is 0 Å². The summed E-state index contributed by atoms with van der Waals surface area (Å²) in [6, 6.07) is 7.06. The van der Waals surface area contributed by atoms with Crippen LogP contribution in [-0.4, -0.2) is 25.0 Å². The molecule has 3 aromatic heterocycles. The molecule has 25 heavy (non-hydrogen) atoms. The van der Waals surface area contributed by atoms with Crippen LogP contribution in [0.1, 0.15) is 11.5 Å². The van der Waals surface area contributed by atoms with Crippen molar-refractivity contribution in [1.82, 2.24) is 25.0 Å². The first-order valence-electron chi connectivity index (χ1n) is 7.17. The molecule has 0 aliphatic rings. The highest BCUT2D eigenvalue weighted by Gasteiger charge is 2.11. The van der Waals surface area contributed by atoms with Gasteiger partial charge in [-0.3, -0.25) is 0 Å². The Morgan fingerprint density at radius 1 is 1.20 bits per heavy atom. The van der Waals surface area contributed by atoms with Crippen molar-refractivity contribution in [1.29, 1.82) is 0 Å². The third kappa shape index (κ3) is 3.64. The minimum Gasteiger partial charge on any atom is -0.423 e. The Labute approximate surface area is 153 Å². The van der Waals surface area contributed by atoms with Gasteiger partial charge in [-0.2, -0.15) is 5.10 Å². The van der Waals surface area contributed by atoms with Crippen molar-refractivity contribution >= 4 is 38.7 Å². The Morgan fingerprint density at radius 3 is 2.96 bits per heavy atom. The quantitative estimate of drug-likeness (QED) is 0.359. The zero-order chi connectivity index (χ0) is 17.2. The minimum atomic E-state index is -0.390. The van der Waals surface area contributed by atoms with Crippen molar-refractivity contribution in [3.8, 4) is 0 Å². The Balaban J connectivity index is 1.53. The first-order valence-corrected chi connectivity index (χ1v) is 8.95. The van der Waals surface area contributed by atoms with E-state index in [-0.39, 0.29) is 0 Å². The summed E-state index contributed by atoms with van der Waals surface area (Å²) in [4.78, 5) is 15.6. The standard InChI is InChI=1S/C15H10BrN5O3S/c16-10-1-2-11-9(3-14(22)23-12(11)4-10)6-25-15-20-19-13(24-15)5-21-8-17-7-18-21/h1-4,7-8H,5-6H2. The van der Waals surface area contributed by atoms with E-state index in [1.807, 2.05) is 12.1 Å². The van der Waals surface area contributed by atoms with Gasteiger partial charge in [-0.05, 0) is 23.8 Å². The molecule has 0 aliphatic heterocycles. The van der Waals surface area contributed by atoms with Gasteiger partial charge in [0, 0.05) is 21.7 Å². The number of halogens is 1. The molecular formula is C15H10BrN5O3S. The number of aromatic nitrogens is 5. The molecule has 8 nitrogen and oxygen atoms in total. The molecule has 0 atom stereocenters. The molecule has 0 bridgehead atoms. The van der Waals surface area contributed by atoms with Crippen LogP contribution in [0.3, 0.4) is 0 Å². The molecule has 3 heterocycles. The maximum Gasteiger partial charge on any atom is 0.336 e. The fourth-order valence-corrected chi connectivity index (χ4v) is 3.39. The van der Waals surface area contributed by atoms with Crippen LogP contribution in [0.25, 0.3) is 11.0 Å². The fraction of sp³-hybridized carbons (Fsp3) is 0.133. The van der Waals surface area contributed by atoms with E-state index in [1.165, 1.54) is 24.2 Å². The molecule has 4 aromatic rings. The van der Waals surface area contributed by atoms with Crippen LogP contribution in [0.4, 0.5) is 0 Å². The summed E-state index contributed by atoms with van der Waals surface area (Å²) in [5.41, 5.74) is 0.994. The van der Waals surface area contributed by atoms with Gasteiger partial charge in [0.05, 0.1) is 0 Å². The van der Waals surface area contributed by atoms with Crippen LogP contribution in [0.15, 0.2) is 60.2 Å². The largest absolute Gasteiger partial charge is 0.423 e. The highest BCUT2D eigenvalue weighted by Crippen LogP contribution is 2.27. The number of hydrogen-bond acceptors (Lipinski definition) is 8. The van der Waals surface area contributed by atoms with Gasteiger partial charge < -0.3 is 8.83 Å². The Hall–Kier alpha value is -2.46. The van der Waals surface area contributed by atoms with E-state index in [9.17, 15) is 4.79 Å². The van der Waals surface area contributed by atoms with E-state index in [0.717, 1.165) is 15.4 Å². The lowest BCUT2D eigenvalue weighted by Crippen LogP contribution is -2.00. The number of benzene rings is 1. The lowest BCUT2D eigenvalue weighted by Gasteiger charge is -2.04. The molecule has 4 rings (SSSR count). The molecule has 0 saturated carbocycles. The summed E-state index contributed by atoms with van der Waals surface area (Å²) < 4.78 is 13.3. The molecule has 0 saturated heterocycles. The van der Waals surface area contributed by atoms with Crippen LogP contribution in [0.5, 0.6) is 0 Å². The molecule has 0 amide bonds. The number of thioether (sulfide) groups is 1. The third-order valence-electron chi connectivity index (χ3n) is 3.36. The maximum absolute atomic E-state index is 11.8. The van der Waals surface area contributed by atoms with E-state index < -0.39 is 5.63 Å². The summed E-state index contributed by atoms with van der Waals surface area (Å²) in [5.74, 6) is 0.948. The number of rotatable bonds is 5. The first-order chi connectivity index (χ1) is 12.2. The Bertz CT molecular complexity index is 1080. The molecule has 1 aromatic carbocycles. The lowest BCUT2D eigenvalue weighted by molar-refractivity contribution is 0.397. The van der Waals surface area contributed by atoms with Crippen LogP contribution < -0.4 is 5.63 Å². The predicted octanol–water partition coefficient (Wildman–Crippen LogP) is 2.87. The topological polar surface area (TPSA) is 99.8 Å². The monoisotopic (exact) mass is 419 g/mol. The molecule has 0 fully saturated rings. The summed E-state index contributed by atoms with van der Waals surface area (Å²) in [6.45, 7) is 0.361. The Morgan fingerprint density at radius 2 is 2.12 bits per heavy atom. The van der Waals surface area contributed by atoms with E-state index in [4.69, 9.17) is 8.83 Å². The van der Waals surface area contributed by atoms with Gasteiger partial charge in [0.15, 0.2) is 0 Å². The first kappa shape index (κ1) is 16.0. The number of nitrogens with zero attached hydrogens (tertiary/aromatic N) is 5. The number of hydrogen-bond donors (Lipinski definition) is 0. The van der Waals surface area contributed by atoms with Gasteiger partial charge in [0.2, 0.25) is 5.89 Å². The third-order valence-corrected chi connectivity index (χ3v) is 4.72. The van der Waals surface area contributed by atoms with Crippen molar-refractivity contribution < 1.29 is 8.83 Å². The van der Waals surface area contributed by atoms with Crippen LogP contribution >= 0.6 is 27.7 Å². The van der Waals surface area contributed by atoms with Crippen molar-refractivity contribution in [2.45, 2.75) is 17.5 Å². The predicted molar refractivity (Wildman–Crippen MR) is 93.2 cm³/mol. The van der Waals surface area contributed by atoms with Gasteiger partial charge in [-0.25, -0.2) is 14.5 Å². The van der Waals surface area contributed by atoms with E-state index >= 15 is 0 Å². The summed E-state index contributed by atoms with van der Waals surface area (Å²) >= 11 is 4.73. The molecular weight excluding hydrogens is 410 g/mol. The van der Waals surface area contributed by atoms with Gasteiger partial charge in [-0.15, -0.1) is 10.2 Å². The van der Waals surface area contributed by atoms with Crippen LogP contribution in [0.2, 0.25) is 0 Å². The van der Waals surface area contributed by atoms with Crippen LogP contribution in [-0.2, 0) is 12.3 Å². The minimum absolute atomic E-state index is 0.361. The van der Waals surface area contributed by atoms with Crippen LogP contribution in [0, 0.1) is 0 Å². The maximum atomic E-state index is 11.8. The second-order valence-corrected chi connectivity index (χ2v) is 6.92. The average molecular weight is 420 g/mol. The van der Waals surface area contributed by atoms with Gasteiger partial charge >= 0.3 is 5.63 Å². The highest BCUT2D eigenvalue weighted by molar-refractivity contribution is 9.10.